The SMILES string of the molecule is O=S(=O)(NCC1CCCC1Cl)c1cccc2ncccc12. The summed E-state index contributed by atoms with van der Waals surface area (Å²) >= 11 is 6.20. The first kappa shape index (κ1) is 14.8. The average Bonchev–Trinajstić information content (AvgIpc) is 2.90. The number of rotatable bonds is 4. The zero-order chi connectivity index (χ0) is 14.9. The number of hydrogen-bond acceptors (Lipinski definition) is 3. The summed E-state index contributed by atoms with van der Waals surface area (Å²) in [7, 11) is -3.55. The van der Waals surface area contributed by atoms with E-state index >= 15 is 0 Å². The molecule has 1 fully saturated rings. The van der Waals surface area contributed by atoms with Crippen molar-refractivity contribution in [1.29, 1.82) is 0 Å². The highest BCUT2D eigenvalue weighted by Gasteiger charge is 2.27. The Bertz CT molecular complexity index is 743. The van der Waals surface area contributed by atoms with E-state index in [1.807, 2.05) is 0 Å². The lowest BCUT2D eigenvalue weighted by atomic mass is 10.1. The normalized spacial score (nSPS) is 22.7. The van der Waals surface area contributed by atoms with Gasteiger partial charge in [-0.1, -0.05) is 12.5 Å². The number of nitrogens with one attached hydrogen (secondary N) is 1. The summed E-state index contributed by atoms with van der Waals surface area (Å²) in [5, 5.41) is 0.711. The van der Waals surface area contributed by atoms with Gasteiger partial charge in [0.1, 0.15) is 0 Å². The van der Waals surface area contributed by atoms with Crippen LogP contribution >= 0.6 is 11.6 Å². The topological polar surface area (TPSA) is 59.1 Å². The van der Waals surface area contributed by atoms with Crippen molar-refractivity contribution in [2.45, 2.75) is 29.5 Å². The van der Waals surface area contributed by atoms with Crippen LogP contribution < -0.4 is 4.72 Å². The van der Waals surface area contributed by atoms with Crippen molar-refractivity contribution in [3.63, 3.8) is 0 Å². The van der Waals surface area contributed by atoms with Crippen molar-refractivity contribution in [3.8, 4) is 0 Å². The molecule has 0 amide bonds. The van der Waals surface area contributed by atoms with E-state index in [1.54, 1.807) is 36.5 Å². The number of benzene rings is 1. The van der Waals surface area contributed by atoms with Crippen LogP contribution in [0.2, 0.25) is 0 Å². The molecule has 1 aliphatic carbocycles. The third-order valence-electron chi connectivity index (χ3n) is 4.00. The minimum atomic E-state index is -3.55. The number of alkyl halides is 1. The highest BCUT2D eigenvalue weighted by molar-refractivity contribution is 7.89. The van der Waals surface area contributed by atoms with E-state index in [0.29, 0.717) is 17.4 Å². The number of pyridine rings is 1. The van der Waals surface area contributed by atoms with E-state index in [0.717, 1.165) is 19.3 Å². The molecular weight excluding hydrogens is 308 g/mol. The summed E-state index contributed by atoms with van der Waals surface area (Å²) in [4.78, 5) is 4.47. The Morgan fingerprint density at radius 3 is 2.86 bits per heavy atom. The maximum Gasteiger partial charge on any atom is 0.241 e. The zero-order valence-corrected chi connectivity index (χ0v) is 13.1. The minimum absolute atomic E-state index is 0.0712. The van der Waals surface area contributed by atoms with Crippen molar-refractivity contribution < 1.29 is 8.42 Å². The Labute approximate surface area is 129 Å². The first-order chi connectivity index (χ1) is 10.1. The Balaban J connectivity index is 1.86. The fourth-order valence-electron chi connectivity index (χ4n) is 2.83. The number of sulfonamides is 1. The van der Waals surface area contributed by atoms with Crippen LogP contribution in [0.25, 0.3) is 10.9 Å². The Hall–Kier alpha value is -1.17. The van der Waals surface area contributed by atoms with Gasteiger partial charge in [-0.15, -0.1) is 11.6 Å². The lowest BCUT2D eigenvalue weighted by Gasteiger charge is -2.15. The van der Waals surface area contributed by atoms with E-state index in [4.69, 9.17) is 11.6 Å². The maximum atomic E-state index is 12.5. The van der Waals surface area contributed by atoms with E-state index in [1.165, 1.54) is 0 Å². The lowest BCUT2D eigenvalue weighted by Crippen LogP contribution is -2.31. The van der Waals surface area contributed by atoms with Crippen LogP contribution in [0, 0.1) is 5.92 Å². The molecule has 1 aromatic heterocycles. The second-order valence-corrected chi connectivity index (χ2v) is 7.68. The van der Waals surface area contributed by atoms with Crippen molar-refractivity contribution >= 4 is 32.5 Å². The van der Waals surface area contributed by atoms with Crippen molar-refractivity contribution in [2.24, 2.45) is 5.92 Å². The van der Waals surface area contributed by atoms with Gasteiger partial charge in [-0.25, -0.2) is 13.1 Å². The molecule has 0 spiro atoms. The largest absolute Gasteiger partial charge is 0.256 e. The number of aromatic nitrogens is 1. The molecule has 0 saturated heterocycles. The predicted molar refractivity (Wildman–Crippen MR) is 83.9 cm³/mol. The summed E-state index contributed by atoms with van der Waals surface area (Å²) in [6.07, 6.45) is 4.67. The van der Waals surface area contributed by atoms with Gasteiger partial charge < -0.3 is 0 Å². The van der Waals surface area contributed by atoms with Crippen molar-refractivity contribution in [3.05, 3.63) is 36.5 Å². The summed E-state index contributed by atoms with van der Waals surface area (Å²) < 4.78 is 27.8. The average molecular weight is 325 g/mol. The predicted octanol–water partition coefficient (Wildman–Crippen LogP) is 2.92. The fraction of sp³-hybridized carbons (Fsp3) is 0.400. The van der Waals surface area contributed by atoms with Gasteiger partial charge in [0, 0.05) is 23.5 Å². The van der Waals surface area contributed by atoms with Crippen LogP contribution in [0.3, 0.4) is 0 Å². The van der Waals surface area contributed by atoms with Gasteiger partial charge in [-0.05, 0) is 43.0 Å². The summed E-state index contributed by atoms with van der Waals surface area (Å²) in [6.45, 7) is 0.396. The van der Waals surface area contributed by atoms with Gasteiger partial charge in [-0.2, -0.15) is 0 Å². The standard InChI is InChI=1S/C15H17ClN2O2S/c16-13-6-1-4-11(13)10-18-21(19,20)15-8-2-7-14-12(15)5-3-9-17-14/h2-3,5,7-9,11,13,18H,1,4,6,10H2. The maximum absolute atomic E-state index is 12.5. The molecular formula is C15H17ClN2O2S. The van der Waals surface area contributed by atoms with Gasteiger partial charge in [-0.3, -0.25) is 4.98 Å². The lowest BCUT2D eigenvalue weighted by molar-refractivity contribution is 0.524. The molecule has 1 aliphatic rings. The summed E-state index contributed by atoms with van der Waals surface area (Å²) in [6, 6.07) is 8.65. The van der Waals surface area contributed by atoms with E-state index in [2.05, 4.69) is 9.71 Å². The molecule has 6 heteroatoms. The molecule has 2 aromatic rings. The number of fused-ring (bicyclic) bond motifs is 1. The van der Waals surface area contributed by atoms with Crippen LogP contribution in [0.15, 0.2) is 41.4 Å². The third kappa shape index (κ3) is 3.05. The molecule has 1 aromatic carbocycles. The highest BCUT2D eigenvalue weighted by atomic mass is 35.5. The number of hydrogen-bond donors (Lipinski definition) is 1. The van der Waals surface area contributed by atoms with Gasteiger partial charge >= 0.3 is 0 Å². The van der Waals surface area contributed by atoms with E-state index in [-0.39, 0.29) is 16.2 Å². The van der Waals surface area contributed by atoms with E-state index < -0.39 is 10.0 Å². The van der Waals surface area contributed by atoms with Crippen molar-refractivity contribution in [2.75, 3.05) is 6.54 Å². The molecule has 2 unspecified atom stereocenters. The van der Waals surface area contributed by atoms with Crippen LogP contribution in [-0.4, -0.2) is 25.3 Å². The number of nitrogens with zero attached hydrogens (tertiary/aromatic N) is 1. The van der Waals surface area contributed by atoms with Crippen LogP contribution in [0.5, 0.6) is 0 Å². The molecule has 1 saturated carbocycles. The molecule has 3 rings (SSSR count). The van der Waals surface area contributed by atoms with E-state index in [9.17, 15) is 8.42 Å². The van der Waals surface area contributed by atoms with Gasteiger partial charge in [0.05, 0.1) is 10.4 Å². The van der Waals surface area contributed by atoms with Crippen LogP contribution in [0.4, 0.5) is 0 Å². The summed E-state index contributed by atoms with van der Waals surface area (Å²) in [5.74, 6) is 0.217. The Morgan fingerprint density at radius 1 is 1.24 bits per heavy atom. The zero-order valence-electron chi connectivity index (χ0n) is 11.5. The monoisotopic (exact) mass is 324 g/mol. The first-order valence-corrected chi connectivity index (χ1v) is 8.97. The second-order valence-electron chi connectivity index (χ2n) is 5.39. The van der Waals surface area contributed by atoms with Crippen LogP contribution in [0.1, 0.15) is 19.3 Å². The molecule has 4 nitrogen and oxygen atoms in total. The third-order valence-corrected chi connectivity index (χ3v) is 6.05. The Morgan fingerprint density at radius 2 is 2.10 bits per heavy atom. The molecule has 0 aliphatic heterocycles. The minimum Gasteiger partial charge on any atom is -0.256 e. The summed E-state index contributed by atoms with van der Waals surface area (Å²) in [5.41, 5.74) is 0.677. The van der Waals surface area contributed by atoms with Crippen molar-refractivity contribution in [1.82, 2.24) is 9.71 Å². The van der Waals surface area contributed by atoms with Gasteiger partial charge in [0.2, 0.25) is 10.0 Å². The first-order valence-electron chi connectivity index (χ1n) is 7.05. The second kappa shape index (κ2) is 5.91. The fourth-order valence-corrected chi connectivity index (χ4v) is 4.50. The molecule has 1 heterocycles. The molecule has 1 N–H and O–H groups in total. The molecule has 21 heavy (non-hydrogen) atoms. The molecule has 0 radical (unpaired) electrons. The highest BCUT2D eigenvalue weighted by Crippen LogP contribution is 2.30. The quantitative estimate of drug-likeness (QED) is 0.880. The number of halogens is 1. The molecule has 112 valence electrons. The smallest absolute Gasteiger partial charge is 0.241 e. The van der Waals surface area contributed by atoms with Gasteiger partial charge in [0.25, 0.3) is 0 Å². The molecule has 0 bridgehead atoms. The molecule has 2 atom stereocenters. The Kier molecular flexibility index (Phi) is 4.15. The van der Waals surface area contributed by atoms with Crippen LogP contribution in [-0.2, 0) is 10.0 Å². The van der Waals surface area contributed by atoms with Gasteiger partial charge in [0.15, 0.2) is 0 Å².